The molecule has 1 amide bonds. The Hall–Kier alpha value is -2.60. The Morgan fingerprint density at radius 2 is 2.27 bits per heavy atom. The molecule has 5 nitrogen and oxygen atoms in total. The summed E-state index contributed by atoms with van der Waals surface area (Å²) in [5.41, 5.74) is 9.85. The van der Waals surface area contributed by atoms with Crippen LogP contribution in [0.1, 0.15) is 41.5 Å². The first-order chi connectivity index (χ1) is 12.6. The fourth-order valence-corrected chi connectivity index (χ4v) is 4.22. The van der Waals surface area contributed by atoms with E-state index in [1.165, 1.54) is 22.5 Å². The minimum absolute atomic E-state index is 0.00727. The molecular formula is C20H21N3O2S. The van der Waals surface area contributed by atoms with Crippen molar-refractivity contribution in [2.24, 2.45) is 0 Å². The van der Waals surface area contributed by atoms with Crippen LogP contribution in [0.2, 0.25) is 0 Å². The van der Waals surface area contributed by atoms with E-state index < -0.39 is 0 Å². The van der Waals surface area contributed by atoms with Crippen LogP contribution in [0, 0.1) is 6.92 Å². The van der Waals surface area contributed by atoms with Gasteiger partial charge >= 0.3 is 0 Å². The van der Waals surface area contributed by atoms with Crippen LogP contribution in [-0.2, 0) is 17.6 Å². The van der Waals surface area contributed by atoms with Crippen LogP contribution in [0.15, 0.2) is 40.1 Å². The number of aryl methyl sites for hydroxylation is 2. The lowest BCUT2D eigenvalue weighted by atomic mass is 9.87. The van der Waals surface area contributed by atoms with E-state index in [1.54, 1.807) is 0 Å². The van der Waals surface area contributed by atoms with Gasteiger partial charge in [0.15, 0.2) is 10.8 Å². The number of carbonyl (C=O) groups is 1. The number of nitrogens with two attached hydrogens (primary N) is 1. The van der Waals surface area contributed by atoms with E-state index in [4.69, 9.17) is 10.2 Å². The maximum Gasteiger partial charge on any atom is 0.226 e. The number of fused-ring (bicyclic) bond motifs is 1. The average Bonchev–Trinajstić information content (AvgIpc) is 3.23. The van der Waals surface area contributed by atoms with Crippen molar-refractivity contribution in [2.75, 3.05) is 5.73 Å². The zero-order valence-corrected chi connectivity index (χ0v) is 15.4. The SMILES string of the molecule is Cc1ccc(-c2nc(CC(=O)NC3CCCc4cc(N)ccc43)cs2)o1. The fourth-order valence-electron chi connectivity index (χ4n) is 3.44. The Morgan fingerprint density at radius 1 is 1.38 bits per heavy atom. The van der Waals surface area contributed by atoms with Gasteiger partial charge in [0, 0.05) is 11.1 Å². The highest BCUT2D eigenvalue weighted by Gasteiger charge is 2.22. The van der Waals surface area contributed by atoms with Crippen molar-refractivity contribution in [1.29, 1.82) is 0 Å². The second kappa shape index (κ2) is 6.96. The summed E-state index contributed by atoms with van der Waals surface area (Å²) in [4.78, 5) is 17.0. The van der Waals surface area contributed by atoms with E-state index >= 15 is 0 Å². The van der Waals surface area contributed by atoms with E-state index in [-0.39, 0.29) is 18.4 Å². The average molecular weight is 367 g/mol. The van der Waals surface area contributed by atoms with Crippen LogP contribution in [0.3, 0.4) is 0 Å². The Kier molecular flexibility index (Phi) is 4.51. The molecule has 3 N–H and O–H groups in total. The lowest BCUT2D eigenvalue weighted by Crippen LogP contribution is -2.32. The number of rotatable bonds is 4. The number of furan rings is 1. The Morgan fingerprint density at radius 3 is 3.08 bits per heavy atom. The summed E-state index contributed by atoms with van der Waals surface area (Å²) in [6.45, 7) is 1.90. The number of nitrogens with one attached hydrogen (secondary N) is 1. The molecule has 2 heterocycles. The molecular weight excluding hydrogens is 346 g/mol. The summed E-state index contributed by atoms with van der Waals surface area (Å²) >= 11 is 1.50. The minimum Gasteiger partial charge on any atom is -0.459 e. The highest BCUT2D eigenvalue weighted by molar-refractivity contribution is 7.13. The first-order valence-electron chi connectivity index (χ1n) is 8.77. The molecule has 1 aromatic carbocycles. The second-order valence-corrected chi connectivity index (χ2v) is 7.56. The molecule has 0 fully saturated rings. The lowest BCUT2D eigenvalue weighted by Gasteiger charge is -2.26. The molecule has 0 aliphatic heterocycles. The zero-order chi connectivity index (χ0) is 18.1. The number of thiazole rings is 1. The van der Waals surface area contributed by atoms with Crippen LogP contribution in [0.25, 0.3) is 10.8 Å². The van der Waals surface area contributed by atoms with Gasteiger partial charge in [-0.25, -0.2) is 4.98 Å². The third-order valence-electron chi connectivity index (χ3n) is 4.66. The monoisotopic (exact) mass is 367 g/mol. The number of hydrogen-bond donors (Lipinski definition) is 2. The number of nitrogen functional groups attached to an aromatic ring is 1. The summed E-state index contributed by atoms with van der Waals surface area (Å²) in [5, 5.41) is 5.88. The molecule has 1 aliphatic rings. The number of amides is 1. The van der Waals surface area contributed by atoms with Gasteiger partial charge in [0.2, 0.25) is 5.91 Å². The van der Waals surface area contributed by atoms with E-state index in [0.29, 0.717) is 0 Å². The van der Waals surface area contributed by atoms with Crippen molar-refractivity contribution in [2.45, 2.75) is 38.6 Å². The van der Waals surface area contributed by atoms with Crippen LogP contribution < -0.4 is 11.1 Å². The predicted octanol–water partition coefficient (Wildman–Crippen LogP) is 4.03. The highest BCUT2D eigenvalue weighted by atomic mass is 32.1. The largest absolute Gasteiger partial charge is 0.459 e. The Balaban J connectivity index is 1.43. The summed E-state index contributed by atoms with van der Waals surface area (Å²) in [7, 11) is 0. The van der Waals surface area contributed by atoms with Crippen molar-refractivity contribution in [3.05, 3.63) is 58.3 Å². The molecule has 0 saturated heterocycles. The Labute approximate surface area is 156 Å². The van der Waals surface area contributed by atoms with Gasteiger partial charge in [-0.2, -0.15) is 0 Å². The molecule has 3 aromatic rings. The molecule has 1 unspecified atom stereocenters. The number of benzene rings is 1. The molecule has 4 rings (SSSR count). The van der Waals surface area contributed by atoms with E-state index in [9.17, 15) is 4.79 Å². The maximum atomic E-state index is 12.5. The highest BCUT2D eigenvalue weighted by Crippen LogP contribution is 2.31. The van der Waals surface area contributed by atoms with Crippen molar-refractivity contribution in [3.63, 3.8) is 0 Å². The molecule has 1 aliphatic carbocycles. The summed E-state index contributed by atoms with van der Waals surface area (Å²) in [6, 6.07) is 9.83. The molecule has 134 valence electrons. The van der Waals surface area contributed by atoms with Gasteiger partial charge < -0.3 is 15.5 Å². The number of hydrogen-bond acceptors (Lipinski definition) is 5. The van der Waals surface area contributed by atoms with E-state index in [0.717, 1.165) is 47.2 Å². The molecule has 0 radical (unpaired) electrons. The van der Waals surface area contributed by atoms with Gasteiger partial charge in [0.25, 0.3) is 0 Å². The van der Waals surface area contributed by atoms with Crippen molar-refractivity contribution >= 4 is 22.9 Å². The standard InChI is InChI=1S/C20H21N3O2S/c1-12-5-8-18(25-12)20-22-15(11-26-20)10-19(24)23-17-4-2-3-13-9-14(21)6-7-16(13)17/h5-9,11,17H,2-4,10,21H2,1H3,(H,23,24). The normalized spacial score (nSPS) is 16.3. The maximum absolute atomic E-state index is 12.5. The number of aromatic nitrogens is 1. The molecule has 0 spiro atoms. The molecule has 1 atom stereocenters. The van der Waals surface area contributed by atoms with Crippen molar-refractivity contribution in [3.8, 4) is 10.8 Å². The molecule has 6 heteroatoms. The molecule has 26 heavy (non-hydrogen) atoms. The van der Waals surface area contributed by atoms with Crippen molar-refractivity contribution in [1.82, 2.24) is 10.3 Å². The first-order valence-corrected chi connectivity index (χ1v) is 9.65. The van der Waals surface area contributed by atoms with Gasteiger partial charge in [-0.1, -0.05) is 6.07 Å². The minimum atomic E-state index is -0.00727. The van der Waals surface area contributed by atoms with Crippen LogP contribution in [0.5, 0.6) is 0 Å². The quantitative estimate of drug-likeness (QED) is 0.682. The van der Waals surface area contributed by atoms with Gasteiger partial charge in [-0.3, -0.25) is 4.79 Å². The van der Waals surface area contributed by atoms with Gasteiger partial charge in [-0.05, 0) is 61.6 Å². The van der Waals surface area contributed by atoms with Gasteiger partial charge in [0.05, 0.1) is 18.2 Å². The van der Waals surface area contributed by atoms with Crippen LogP contribution >= 0.6 is 11.3 Å². The molecule has 2 aromatic heterocycles. The van der Waals surface area contributed by atoms with Crippen molar-refractivity contribution < 1.29 is 9.21 Å². The Bertz CT molecular complexity index is 944. The summed E-state index contributed by atoms with van der Waals surface area (Å²) < 4.78 is 5.60. The lowest BCUT2D eigenvalue weighted by molar-refractivity contribution is -0.121. The van der Waals surface area contributed by atoms with Gasteiger partial charge in [0.1, 0.15) is 5.76 Å². The van der Waals surface area contributed by atoms with E-state index in [1.807, 2.05) is 42.6 Å². The topological polar surface area (TPSA) is 81.2 Å². The zero-order valence-electron chi connectivity index (χ0n) is 14.6. The number of carbonyl (C=O) groups excluding carboxylic acids is 1. The van der Waals surface area contributed by atoms with Gasteiger partial charge in [-0.15, -0.1) is 11.3 Å². The number of anilines is 1. The van der Waals surface area contributed by atoms with Crippen LogP contribution in [0.4, 0.5) is 5.69 Å². The predicted molar refractivity (Wildman–Crippen MR) is 103 cm³/mol. The molecule has 0 bridgehead atoms. The summed E-state index contributed by atoms with van der Waals surface area (Å²) in [6.07, 6.45) is 3.30. The second-order valence-electron chi connectivity index (χ2n) is 6.70. The van der Waals surface area contributed by atoms with Crippen LogP contribution in [-0.4, -0.2) is 10.9 Å². The summed E-state index contributed by atoms with van der Waals surface area (Å²) in [5.74, 6) is 1.59. The third kappa shape index (κ3) is 3.51. The third-order valence-corrected chi connectivity index (χ3v) is 5.57. The number of nitrogens with zero attached hydrogens (tertiary/aromatic N) is 1. The molecule has 0 saturated carbocycles. The fraction of sp³-hybridized carbons (Fsp3) is 0.300. The smallest absolute Gasteiger partial charge is 0.226 e. The first kappa shape index (κ1) is 16.8. The van der Waals surface area contributed by atoms with E-state index in [2.05, 4.69) is 10.3 Å².